The highest BCUT2D eigenvalue weighted by Crippen LogP contribution is 2.39. The fraction of sp³-hybridized carbons (Fsp3) is 0.519. The van der Waals surface area contributed by atoms with Gasteiger partial charge in [0, 0.05) is 25.1 Å². The Kier molecular flexibility index (Phi) is 10.7. The number of amides is 1. The van der Waals surface area contributed by atoms with Crippen LogP contribution in [0.2, 0.25) is 0 Å². The Morgan fingerprint density at radius 2 is 1.72 bits per heavy atom. The van der Waals surface area contributed by atoms with Crippen molar-refractivity contribution >= 4 is 11.6 Å². The SMILES string of the molecule is COc1ccc(CCNCC(O)COc2ccc(OCC(C)CCO)c3c2CCC(=O)N3)cc1OC. The second-order valence-corrected chi connectivity index (χ2v) is 9.00. The zero-order valence-electron chi connectivity index (χ0n) is 21.3. The van der Waals surface area contributed by atoms with Crippen molar-refractivity contribution in [3.63, 3.8) is 0 Å². The number of hydrogen-bond acceptors (Lipinski definition) is 8. The average molecular weight is 503 g/mol. The molecule has 0 radical (unpaired) electrons. The van der Waals surface area contributed by atoms with Gasteiger partial charge in [0.25, 0.3) is 0 Å². The Balaban J connectivity index is 1.50. The van der Waals surface area contributed by atoms with Crippen molar-refractivity contribution in [3.05, 3.63) is 41.5 Å². The molecular formula is C27H38N2O7. The number of hydrogen-bond donors (Lipinski definition) is 4. The van der Waals surface area contributed by atoms with Crippen LogP contribution >= 0.6 is 0 Å². The first-order valence-corrected chi connectivity index (χ1v) is 12.4. The molecule has 1 heterocycles. The van der Waals surface area contributed by atoms with E-state index in [-0.39, 0.29) is 25.0 Å². The van der Waals surface area contributed by atoms with Crippen molar-refractivity contribution < 1.29 is 34.0 Å². The molecule has 1 aliphatic heterocycles. The van der Waals surface area contributed by atoms with Gasteiger partial charge in [-0.1, -0.05) is 13.0 Å². The van der Waals surface area contributed by atoms with Crippen LogP contribution in [-0.2, 0) is 17.6 Å². The van der Waals surface area contributed by atoms with Gasteiger partial charge in [-0.2, -0.15) is 0 Å². The second kappa shape index (κ2) is 13.9. The van der Waals surface area contributed by atoms with Crippen LogP contribution in [0.15, 0.2) is 30.3 Å². The topological polar surface area (TPSA) is 119 Å². The molecule has 36 heavy (non-hydrogen) atoms. The molecule has 0 bridgehead atoms. The van der Waals surface area contributed by atoms with Crippen LogP contribution in [0.5, 0.6) is 23.0 Å². The molecule has 0 aromatic heterocycles. The van der Waals surface area contributed by atoms with Gasteiger partial charge in [0.05, 0.1) is 26.5 Å². The van der Waals surface area contributed by atoms with E-state index in [2.05, 4.69) is 10.6 Å². The van der Waals surface area contributed by atoms with E-state index < -0.39 is 6.10 Å². The zero-order chi connectivity index (χ0) is 25.9. The Morgan fingerprint density at radius 3 is 2.47 bits per heavy atom. The summed E-state index contributed by atoms with van der Waals surface area (Å²) < 4.78 is 22.5. The molecule has 0 saturated carbocycles. The fourth-order valence-electron chi connectivity index (χ4n) is 4.01. The first kappa shape index (κ1) is 27.6. The number of carbonyl (C=O) groups is 1. The molecular weight excluding hydrogens is 464 g/mol. The highest BCUT2D eigenvalue weighted by molar-refractivity contribution is 5.96. The van der Waals surface area contributed by atoms with Crippen molar-refractivity contribution in [3.8, 4) is 23.0 Å². The molecule has 0 saturated heterocycles. The van der Waals surface area contributed by atoms with Crippen LogP contribution in [-0.4, -0.2) is 69.4 Å². The van der Waals surface area contributed by atoms with Gasteiger partial charge in [-0.25, -0.2) is 0 Å². The van der Waals surface area contributed by atoms with Crippen molar-refractivity contribution in [1.29, 1.82) is 0 Å². The zero-order valence-corrected chi connectivity index (χ0v) is 21.3. The van der Waals surface area contributed by atoms with Gasteiger partial charge < -0.3 is 39.8 Å². The van der Waals surface area contributed by atoms with E-state index in [1.54, 1.807) is 20.3 Å². The maximum absolute atomic E-state index is 12.0. The lowest BCUT2D eigenvalue weighted by molar-refractivity contribution is -0.116. The van der Waals surface area contributed by atoms with E-state index in [0.717, 1.165) is 17.5 Å². The fourth-order valence-corrected chi connectivity index (χ4v) is 4.01. The van der Waals surface area contributed by atoms with Crippen LogP contribution in [0.25, 0.3) is 0 Å². The lowest BCUT2D eigenvalue weighted by Gasteiger charge is -2.24. The lowest BCUT2D eigenvalue weighted by atomic mass is 10.0. The van der Waals surface area contributed by atoms with Crippen molar-refractivity contribution in [1.82, 2.24) is 5.32 Å². The molecule has 0 aliphatic carbocycles. The van der Waals surface area contributed by atoms with Crippen LogP contribution in [0.4, 0.5) is 5.69 Å². The van der Waals surface area contributed by atoms with E-state index in [1.807, 2.05) is 31.2 Å². The molecule has 1 amide bonds. The Bertz CT molecular complexity index is 998. The van der Waals surface area contributed by atoms with Gasteiger partial charge in [0.15, 0.2) is 11.5 Å². The number of aliphatic hydroxyl groups excluding tert-OH is 2. The minimum atomic E-state index is -0.695. The van der Waals surface area contributed by atoms with Gasteiger partial charge in [-0.15, -0.1) is 0 Å². The Labute approximate surface area is 212 Å². The minimum Gasteiger partial charge on any atom is -0.493 e. The molecule has 0 fully saturated rings. The lowest BCUT2D eigenvalue weighted by Crippen LogP contribution is -2.32. The molecule has 2 unspecified atom stereocenters. The molecule has 9 nitrogen and oxygen atoms in total. The monoisotopic (exact) mass is 502 g/mol. The van der Waals surface area contributed by atoms with Gasteiger partial charge >= 0.3 is 0 Å². The van der Waals surface area contributed by atoms with E-state index in [4.69, 9.17) is 24.1 Å². The van der Waals surface area contributed by atoms with Gasteiger partial charge in [0.1, 0.15) is 24.2 Å². The molecule has 9 heteroatoms. The number of aliphatic hydroxyl groups is 2. The normalized spacial score (nSPS) is 14.4. The average Bonchev–Trinajstić information content (AvgIpc) is 2.88. The summed E-state index contributed by atoms with van der Waals surface area (Å²) in [5.74, 6) is 2.73. The number of anilines is 1. The Morgan fingerprint density at radius 1 is 1.00 bits per heavy atom. The van der Waals surface area contributed by atoms with Crippen LogP contribution in [0, 0.1) is 5.92 Å². The maximum Gasteiger partial charge on any atom is 0.224 e. The molecule has 3 rings (SSSR count). The van der Waals surface area contributed by atoms with Crippen LogP contribution in [0.3, 0.4) is 0 Å². The van der Waals surface area contributed by atoms with Gasteiger partial charge in [0.2, 0.25) is 5.91 Å². The summed E-state index contributed by atoms with van der Waals surface area (Å²) in [6, 6.07) is 9.42. The third-order valence-corrected chi connectivity index (χ3v) is 6.09. The van der Waals surface area contributed by atoms with Crippen LogP contribution < -0.4 is 29.6 Å². The first-order chi connectivity index (χ1) is 17.4. The molecule has 2 aromatic rings. The predicted molar refractivity (Wildman–Crippen MR) is 137 cm³/mol. The number of benzene rings is 2. The molecule has 2 aromatic carbocycles. The number of methoxy groups -OCH3 is 2. The first-order valence-electron chi connectivity index (χ1n) is 12.4. The summed E-state index contributed by atoms with van der Waals surface area (Å²) in [4.78, 5) is 12.0. The van der Waals surface area contributed by atoms with Gasteiger partial charge in [-0.3, -0.25) is 4.79 Å². The van der Waals surface area contributed by atoms with E-state index in [9.17, 15) is 9.90 Å². The molecule has 2 atom stereocenters. The summed E-state index contributed by atoms with van der Waals surface area (Å²) in [6.07, 6.45) is 1.64. The minimum absolute atomic E-state index is 0.0633. The largest absolute Gasteiger partial charge is 0.493 e. The summed E-state index contributed by atoms with van der Waals surface area (Å²) in [5.41, 5.74) is 2.60. The number of rotatable bonds is 15. The molecule has 198 valence electrons. The number of carbonyl (C=O) groups excluding carboxylic acids is 1. The van der Waals surface area contributed by atoms with Crippen molar-refractivity contribution in [2.24, 2.45) is 5.92 Å². The molecule has 0 spiro atoms. The second-order valence-electron chi connectivity index (χ2n) is 9.00. The quantitative estimate of drug-likeness (QED) is 0.275. The number of fused-ring (bicyclic) bond motifs is 1. The third kappa shape index (κ3) is 7.74. The van der Waals surface area contributed by atoms with Crippen molar-refractivity contribution in [2.45, 2.75) is 38.7 Å². The van der Waals surface area contributed by atoms with E-state index >= 15 is 0 Å². The predicted octanol–water partition coefficient (Wildman–Crippen LogP) is 2.56. The number of nitrogens with one attached hydrogen (secondary N) is 2. The van der Waals surface area contributed by atoms with Crippen molar-refractivity contribution in [2.75, 3.05) is 52.4 Å². The standard InChI is InChI=1S/C27H38N2O7/c1-18(11-13-30)16-35-24-8-7-22(21-5-9-26(32)29-27(21)24)36-17-20(31)15-28-12-10-19-4-6-23(33-2)25(14-19)34-3/h4,6-8,14,18,20,28,30-31H,5,9-13,15-17H2,1-3H3,(H,29,32). The summed E-state index contributed by atoms with van der Waals surface area (Å²) in [6.45, 7) is 3.75. The summed E-state index contributed by atoms with van der Waals surface area (Å²) in [5, 5.41) is 25.7. The smallest absolute Gasteiger partial charge is 0.224 e. The summed E-state index contributed by atoms with van der Waals surface area (Å²) in [7, 11) is 3.22. The van der Waals surface area contributed by atoms with E-state index in [0.29, 0.717) is 67.6 Å². The van der Waals surface area contributed by atoms with E-state index in [1.165, 1.54) is 0 Å². The molecule has 1 aliphatic rings. The number of ether oxygens (including phenoxy) is 4. The highest BCUT2D eigenvalue weighted by atomic mass is 16.5. The Hall–Kier alpha value is -3.01. The van der Waals surface area contributed by atoms with Gasteiger partial charge in [-0.05, 0) is 61.6 Å². The third-order valence-electron chi connectivity index (χ3n) is 6.09. The molecule has 4 N–H and O–H groups in total. The maximum atomic E-state index is 12.0. The summed E-state index contributed by atoms with van der Waals surface area (Å²) >= 11 is 0. The van der Waals surface area contributed by atoms with Crippen LogP contribution in [0.1, 0.15) is 30.9 Å². The highest BCUT2D eigenvalue weighted by Gasteiger charge is 2.23.